The van der Waals surface area contributed by atoms with Crippen molar-refractivity contribution in [2.45, 2.75) is 38.6 Å². The minimum atomic E-state index is -0.132. The fraction of sp³-hybridized carbons (Fsp3) is 0.667. The Morgan fingerprint density at radius 2 is 2.08 bits per heavy atom. The van der Waals surface area contributed by atoms with Crippen LogP contribution in [0.25, 0.3) is 0 Å². The van der Waals surface area contributed by atoms with Gasteiger partial charge in [0.2, 0.25) is 0 Å². The summed E-state index contributed by atoms with van der Waals surface area (Å²) in [6.07, 6.45) is 8.41. The third-order valence-corrected chi connectivity index (χ3v) is 1.94. The molecular weight excluding hydrogens is 150 g/mol. The summed E-state index contributed by atoms with van der Waals surface area (Å²) >= 11 is 0. The maximum Gasteiger partial charge on any atom is 0.116 e. The van der Waals surface area contributed by atoms with Crippen LogP contribution in [0.1, 0.15) is 33.1 Å². The van der Waals surface area contributed by atoms with Crippen LogP contribution in [-0.4, -0.2) is 24.4 Å². The fourth-order valence-corrected chi connectivity index (χ4v) is 1.12. The zero-order valence-electron chi connectivity index (χ0n) is 7.70. The lowest BCUT2D eigenvalue weighted by Gasteiger charge is -2.17. The summed E-state index contributed by atoms with van der Waals surface area (Å²) in [5.74, 6) is 0. The lowest BCUT2D eigenvalue weighted by Crippen LogP contribution is -2.23. The molecule has 0 aliphatic carbocycles. The van der Waals surface area contributed by atoms with Crippen LogP contribution in [0.4, 0.5) is 0 Å². The summed E-state index contributed by atoms with van der Waals surface area (Å²) in [6, 6.07) is 0. The van der Waals surface area contributed by atoms with E-state index in [4.69, 9.17) is 0 Å². The van der Waals surface area contributed by atoms with Crippen molar-refractivity contribution in [1.29, 1.82) is 0 Å². The molecule has 0 saturated heterocycles. The fourth-order valence-electron chi connectivity index (χ4n) is 1.12. The summed E-state index contributed by atoms with van der Waals surface area (Å²) in [5, 5.41) is 0. The molecule has 12 heavy (non-hydrogen) atoms. The van der Waals surface area contributed by atoms with Crippen LogP contribution in [0.3, 0.4) is 0 Å². The lowest BCUT2D eigenvalue weighted by atomic mass is 9.97. The Morgan fingerprint density at radius 1 is 1.25 bits per heavy atom. The number of nitrogens with zero attached hydrogens (tertiary/aromatic N) is 3. The Labute approximate surface area is 73.3 Å². The van der Waals surface area contributed by atoms with Gasteiger partial charge in [0.1, 0.15) is 12.7 Å². The Hall–Kier alpha value is -0.990. The highest BCUT2D eigenvalue weighted by atomic mass is 15.0. The van der Waals surface area contributed by atoms with E-state index < -0.39 is 0 Å². The zero-order chi connectivity index (χ0) is 8.86. The van der Waals surface area contributed by atoms with Crippen LogP contribution in [0.5, 0.6) is 0 Å². The molecule has 0 aromatic carbocycles. The van der Waals surface area contributed by atoms with E-state index in [1.54, 1.807) is 6.34 Å². The van der Waals surface area contributed by atoms with Crippen molar-refractivity contribution >= 4 is 18.9 Å². The van der Waals surface area contributed by atoms with E-state index in [0.29, 0.717) is 0 Å². The first-order valence-electron chi connectivity index (χ1n) is 4.36. The average molecular weight is 165 g/mol. The molecular formula is C9H15N3. The van der Waals surface area contributed by atoms with Crippen LogP contribution in [0.15, 0.2) is 15.0 Å². The molecule has 1 aliphatic rings. The monoisotopic (exact) mass is 165 g/mol. The number of aliphatic imine (C=N–C) groups is 3. The third-order valence-electron chi connectivity index (χ3n) is 1.94. The molecule has 0 aromatic rings. The summed E-state index contributed by atoms with van der Waals surface area (Å²) < 4.78 is 0. The molecule has 0 fully saturated rings. The first-order valence-corrected chi connectivity index (χ1v) is 4.36. The maximum atomic E-state index is 4.32. The number of hydrogen-bond acceptors (Lipinski definition) is 3. The number of unbranched alkanes of at least 4 members (excludes halogenated alkanes) is 1. The minimum absolute atomic E-state index is 0.132. The van der Waals surface area contributed by atoms with Crippen molar-refractivity contribution in [1.82, 2.24) is 0 Å². The van der Waals surface area contributed by atoms with Crippen molar-refractivity contribution in [3.63, 3.8) is 0 Å². The molecule has 1 aliphatic heterocycles. The first kappa shape index (κ1) is 9.10. The van der Waals surface area contributed by atoms with Crippen molar-refractivity contribution in [2.24, 2.45) is 15.0 Å². The molecule has 0 radical (unpaired) electrons. The van der Waals surface area contributed by atoms with E-state index in [9.17, 15) is 0 Å². The molecule has 3 heteroatoms. The first-order chi connectivity index (χ1) is 5.77. The average Bonchev–Trinajstić information content (AvgIpc) is 2.27. The molecule has 66 valence electrons. The predicted octanol–water partition coefficient (Wildman–Crippen LogP) is 2.08. The molecule has 1 atom stereocenters. The van der Waals surface area contributed by atoms with Gasteiger partial charge in [0.05, 0.1) is 5.54 Å². The summed E-state index contributed by atoms with van der Waals surface area (Å²) in [6.45, 7) is 4.26. The third kappa shape index (κ3) is 2.57. The van der Waals surface area contributed by atoms with Crippen molar-refractivity contribution in [3.8, 4) is 0 Å². The molecule has 0 spiro atoms. The summed E-state index contributed by atoms with van der Waals surface area (Å²) in [7, 11) is 0. The maximum absolute atomic E-state index is 4.32. The van der Waals surface area contributed by atoms with Gasteiger partial charge in [-0.3, -0.25) is 4.99 Å². The van der Waals surface area contributed by atoms with E-state index in [-0.39, 0.29) is 5.54 Å². The van der Waals surface area contributed by atoms with Gasteiger partial charge in [-0.05, 0) is 13.3 Å². The quantitative estimate of drug-likeness (QED) is 0.614. The van der Waals surface area contributed by atoms with Crippen LogP contribution < -0.4 is 0 Å². The molecule has 3 nitrogen and oxygen atoms in total. The highest BCUT2D eigenvalue weighted by molar-refractivity contribution is 5.86. The van der Waals surface area contributed by atoms with Gasteiger partial charge in [-0.1, -0.05) is 19.8 Å². The van der Waals surface area contributed by atoms with Crippen LogP contribution in [-0.2, 0) is 0 Å². The van der Waals surface area contributed by atoms with Gasteiger partial charge in [0, 0.05) is 6.21 Å². The highest BCUT2D eigenvalue weighted by Crippen LogP contribution is 2.16. The smallest absolute Gasteiger partial charge is 0.116 e. The molecule has 0 N–H and O–H groups in total. The normalized spacial score (nSPS) is 27.5. The van der Waals surface area contributed by atoms with E-state index in [0.717, 1.165) is 6.42 Å². The van der Waals surface area contributed by atoms with Crippen LogP contribution >= 0.6 is 0 Å². The van der Waals surface area contributed by atoms with Gasteiger partial charge in [0.15, 0.2) is 0 Å². The van der Waals surface area contributed by atoms with Gasteiger partial charge < -0.3 is 0 Å². The van der Waals surface area contributed by atoms with E-state index in [1.807, 2.05) is 6.21 Å². The molecule has 0 amide bonds. The second-order valence-electron chi connectivity index (χ2n) is 3.25. The van der Waals surface area contributed by atoms with E-state index >= 15 is 0 Å². The Kier molecular flexibility index (Phi) is 3.14. The van der Waals surface area contributed by atoms with Gasteiger partial charge in [-0.15, -0.1) is 0 Å². The topological polar surface area (TPSA) is 37.1 Å². The molecule has 1 heterocycles. The van der Waals surface area contributed by atoms with Crippen molar-refractivity contribution in [2.75, 3.05) is 0 Å². The standard InChI is InChI=1S/C9H15N3/c1-3-4-5-9(2)6-10-7-11-8-12-9/h6-8H,3-5H2,1-2H3. The molecule has 1 rings (SSSR count). The molecule has 1 unspecified atom stereocenters. The van der Waals surface area contributed by atoms with Crippen LogP contribution in [0, 0.1) is 0 Å². The van der Waals surface area contributed by atoms with Crippen molar-refractivity contribution < 1.29 is 0 Å². The highest BCUT2D eigenvalue weighted by Gasteiger charge is 2.19. The van der Waals surface area contributed by atoms with E-state index in [2.05, 4.69) is 28.8 Å². The molecule has 0 bridgehead atoms. The van der Waals surface area contributed by atoms with Crippen LogP contribution in [0.2, 0.25) is 0 Å². The largest absolute Gasteiger partial charge is 0.261 e. The van der Waals surface area contributed by atoms with Gasteiger partial charge >= 0.3 is 0 Å². The van der Waals surface area contributed by atoms with Gasteiger partial charge in [-0.2, -0.15) is 0 Å². The van der Waals surface area contributed by atoms with Gasteiger partial charge in [0.25, 0.3) is 0 Å². The van der Waals surface area contributed by atoms with Crippen molar-refractivity contribution in [3.05, 3.63) is 0 Å². The summed E-state index contributed by atoms with van der Waals surface area (Å²) in [5.41, 5.74) is -0.132. The number of rotatable bonds is 3. The molecule has 0 aromatic heterocycles. The lowest BCUT2D eigenvalue weighted by molar-refractivity contribution is 0.550. The van der Waals surface area contributed by atoms with E-state index in [1.165, 1.54) is 19.2 Å². The Bertz CT molecular complexity index is 200. The Balaban J connectivity index is 2.57. The predicted molar refractivity (Wildman–Crippen MR) is 53.4 cm³/mol. The SMILES string of the molecule is CCCCC1(C)C=NC=NC=N1. The second kappa shape index (κ2) is 4.14. The summed E-state index contributed by atoms with van der Waals surface area (Å²) in [4.78, 5) is 12.2. The molecule has 0 saturated carbocycles. The van der Waals surface area contributed by atoms with Gasteiger partial charge in [-0.25, -0.2) is 9.98 Å². The second-order valence-corrected chi connectivity index (χ2v) is 3.25. The Morgan fingerprint density at radius 3 is 2.83 bits per heavy atom. The minimum Gasteiger partial charge on any atom is -0.261 e. The zero-order valence-corrected chi connectivity index (χ0v) is 7.70. The number of hydrogen-bond donors (Lipinski definition) is 0.